The van der Waals surface area contributed by atoms with Crippen LogP contribution in [0.1, 0.15) is 11.6 Å². The smallest absolute Gasteiger partial charge is 0.199 e. The summed E-state index contributed by atoms with van der Waals surface area (Å²) in [7, 11) is 0. The van der Waals surface area contributed by atoms with Gasteiger partial charge in [0.2, 0.25) is 0 Å². The van der Waals surface area contributed by atoms with E-state index in [1.807, 2.05) is 0 Å². The maximum absolute atomic E-state index is 8.79. The van der Waals surface area contributed by atoms with Crippen molar-refractivity contribution in [3.05, 3.63) is 23.9 Å². The number of aromatic nitrogens is 5. The van der Waals surface area contributed by atoms with E-state index in [9.17, 15) is 0 Å². The summed E-state index contributed by atoms with van der Waals surface area (Å²) in [5.74, 6) is 1.56. The Labute approximate surface area is 80.1 Å². The van der Waals surface area contributed by atoms with Crippen molar-refractivity contribution in [3.63, 3.8) is 0 Å². The van der Waals surface area contributed by atoms with E-state index in [1.54, 1.807) is 19.2 Å². The predicted octanol–water partition coefficient (Wildman–Crippen LogP) is 0.0624. The third-order valence-corrected chi connectivity index (χ3v) is 1.69. The lowest BCUT2D eigenvalue weighted by Crippen LogP contribution is -1.91. The number of aromatic amines is 1. The largest absolute Gasteiger partial charge is 0.388 e. The molecule has 0 aliphatic rings. The summed E-state index contributed by atoms with van der Waals surface area (Å²) in [6.07, 6.45) is 1.65. The number of hydrogen-bond donors (Lipinski definition) is 2. The summed E-state index contributed by atoms with van der Waals surface area (Å²) in [5.41, 5.74) is 0.647. The van der Waals surface area contributed by atoms with Gasteiger partial charge in [-0.15, -0.1) is 0 Å². The minimum Gasteiger partial charge on any atom is -0.388 e. The second-order valence-corrected chi connectivity index (χ2v) is 2.75. The molecule has 0 fully saturated rings. The van der Waals surface area contributed by atoms with E-state index in [4.69, 9.17) is 5.11 Å². The molecule has 0 bridgehead atoms. The first kappa shape index (κ1) is 8.76. The molecule has 72 valence electrons. The average molecular weight is 191 g/mol. The highest BCUT2D eigenvalue weighted by Gasteiger charge is 2.06. The van der Waals surface area contributed by atoms with Crippen LogP contribution < -0.4 is 0 Å². The molecule has 0 saturated heterocycles. The highest BCUT2D eigenvalue weighted by molar-refractivity contribution is 5.47. The molecule has 0 spiro atoms. The van der Waals surface area contributed by atoms with Crippen molar-refractivity contribution in [2.75, 3.05) is 0 Å². The van der Waals surface area contributed by atoms with E-state index in [-0.39, 0.29) is 6.61 Å². The number of aliphatic hydroxyl groups is 1. The highest BCUT2D eigenvalue weighted by atomic mass is 16.3. The summed E-state index contributed by atoms with van der Waals surface area (Å²) >= 11 is 0. The van der Waals surface area contributed by atoms with Crippen LogP contribution in [-0.2, 0) is 6.61 Å². The summed E-state index contributed by atoms with van der Waals surface area (Å²) < 4.78 is 0. The van der Waals surface area contributed by atoms with Gasteiger partial charge in [0.1, 0.15) is 18.1 Å². The zero-order valence-corrected chi connectivity index (χ0v) is 7.60. The Morgan fingerprint density at radius 2 is 2.29 bits per heavy atom. The maximum atomic E-state index is 8.79. The molecule has 0 atom stereocenters. The molecule has 6 heteroatoms. The van der Waals surface area contributed by atoms with E-state index < -0.39 is 0 Å². The van der Waals surface area contributed by atoms with Crippen molar-refractivity contribution in [2.24, 2.45) is 0 Å². The molecule has 0 aromatic carbocycles. The molecule has 2 aromatic rings. The van der Waals surface area contributed by atoms with Crippen molar-refractivity contribution in [1.29, 1.82) is 0 Å². The van der Waals surface area contributed by atoms with E-state index in [0.29, 0.717) is 23.2 Å². The van der Waals surface area contributed by atoms with Gasteiger partial charge in [-0.05, 0) is 13.0 Å². The average Bonchev–Trinajstić information content (AvgIpc) is 2.66. The van der Waals surface area contributed by atoms with Crippen LogP contribution in [0, 0.1) is 6.92 Å². The van der Waals surface area contributed by atoms with Gasteiger partial charge >= 0.3 is 0 Å². The Hall–Kier alpha value is -1.82. The number of nitrogens with zero attached hydrogens (tertiary/aromatic N) is 4. The fourth-order valence-corrected chi connectivity index (χ4v) is 1.06. The van der Waals surface area contributed by atoms with Crippen molar-refractivity contribution in [3.8, 4) is 11.5 Å². The normalized spacial score (nSPS) is 10.4. The van der Waals surface area contributed by atoms with E-state index >= 15 is 0 Å². The molecule has 0 aliphatic carbocycles. The fourth-order valence-electron chi connectivity index (χ4n) is 1.06. The molecule has 2 rings (SSSR count). The van der Waals surface area contributed by atoms with Crippen molar-refractivity contribution >= 4 is 0 Å². The fraction of sp³-hybridized carbons (Fsp3) is 0.250. The minimum atomic E-state index is -0.156. The van der Waals surface area contributed by atoms with Gasteiger partial charge in [-0.3, -0.25) is 5.10 Å². The van der Waals surface area contributed by atoms with Crippen LogP contribution >= 0.6 is 0 Å². The lowest BCUT2D eigenvalue weighted by Gasteiger charge is -1.94. The second-order valence-electron chi connectivity index (χ2n) is 2.75. The van der Waals surface area contributed by atoms with E-state index in [2.05, 4.69) is 25.1 Å². The van der Waals surface area contributed by atoms with Gasteiger partial charge in [0.15, 0.2) is 11.6 Å². The first-order chi connectivity index (χ1) is 6.79. The Morgan fingerprint density at radius 3 is 2.93 bits per heavy atom. The van der Waals surface area contributed by atoms with E-state index in [1.165, 1.54) is 0 Å². The van der Waals surface area contributed by atoms with Crippen LogP contribution in [0.15, 0.2) is 12.3 Å². The topological polar surface area (TPSA) is 87.6 Å². The van der Waals surface area contributed by atoms with Gasteiger partial charge in [0.25, 0.3) is 0 Å². The monoisotopic (exact) mass is 191 g/mol. The zero-order chi connectivity index (χ0) is 9.97. The third kappa shape index (κ3) is 1.60. The molecule has 2 N–H and O–H groups in total. The lowest BCUT2D eigenvalue weighted by atomic mass is 10.4. The molecule has 0 saturated carbocycles. The lowest BCUT2D eigenvalue weighted by molar-refractivity contribution is 0.272. The molecule has 0 aliphatic heterocycles. The Morgan fingerprint density at radius 1 is 1.43 bits per heavy atom. The number of aliphatic hydroxyl groups excluding tert-OH is 1. The summed E-state index contributed by atoms with van der Waals surface area (Å²) in [4.78, 5) is 12.2. The molecule has 0 amide bonds. The molecular weight excluding hydrogens is 182 g/mol. The second kappa shape index (κ2) is 3.51. The molecule has 14 heavy (non-hydrogen) atoms. The number of rotatable bonds is 2. The number of nitrogens with one attached hydrogen (secondary N) is 1. The first-order valence-corrected chi connectivity index (χ1v) is 4.12. The van der Waals surface area contributed by atoms with Gasteiger partial charge in [-0.1, -0.05) is 0 Å². The molecule has 0 unspecified atom stereocenters. The maximum Gasteiger partial charge on any atom is 0.199 e. The predicted molar refractivity (Wildman–Crippen MR) is 48.1 cm³/mol. The third-order valence-electron chi connectivity index (χ3n) is 1.69. The Kier molecular flexibility index (Phi) is 2.19. The van der Waals surface area contributed by atoms with E-state index in [0.717, 1.165) is 0 Å². The van der Waals surface area contributed by atoms with Gasteiger partial charge in [-0.25, -0.2) is 15.0 Å². The molecule has 2 aromatic heterocycles. The number of H-pyrrole nitrogens is 1. The van der Waals surface area contributed by atoms with Gasteiger partial charge < -0.3 is 5.11 Å². The Balaban J connectivity index is 2.39. The van der Waals surface area contributed by atoms with Crippen LogP contribution in [-0.4, -0.2) is 30.3 Å². The quantitative estimate of drug-likeness (QED) is 0.700. The summed E-state index contributed by atoms with van der Waals surface area (Å²) in [6.45, 7) is 1.64. The summed E-state index contributed by atoms with van der Waals surface area (Å²) in [5, 5.41) is 15.3. The first-order valence-electron chi connectivity index (χ1n) is 4.12. The highest BCUT2D eigenvalue weighted by Crippen LogP contribution is 2.10. The van der Waals surface area contributed by atoms with Crippen LogP contribution in [0.25, 0.3) is 11.5 Å². The number of hydrogen-bond acceptors (Lipinski definition) is 5. The molecule has 2 heterocycles. The Bertz CT molecular complexity index is 439. The van der Waals surface area contributed by atoms with Crippen molar-refractivity contribution < 1.29 is 5.11 Å². The summed E-state index contributed by atoms with van der Waals surface area (Å²) in [6, 6.07) is 1.72. The SMILES string of the molecule is Cc1nccc(-c2n[nH]c(CO)n2)n1. The minimum absolute atomic E-state index is 0.156. The standard InChI is InChI=1S/C8H9N5O/c1-5-9-3-2-6(10-5)8-11-7(4-14)12-13-8/h2-3,14H,4H2,1H3,(H,11,12,13). The van der Waals surface area contributed by atoms with Crippen molar-refractivity contribution in [2.45, 2.75) is 13.5 Å². The van der Waals surface area contributed by atoms with Crippen LogP contribution in [0.5, 0.6) is 0 Å². The van der Waals surface area contributed by atoms with Crippen LogP contribution in [0.4, 0.5) is 0 Å². The zero-order valence-electron chi connectivity index (χ0n) is 7.60. The van der Waals surface area contributed by atoms with Gasteiger partial charge in [0.05, 0.1) is 0 Å². The number of aryl methyl sites for hydroxylation is 1. The van der Waals surface area contributed by atoms with Crippen molar-refractivity contribution in [1.82, 2.24) is 25.1 Å². The molecular formula is C8H9N5O. The molecule has 0 radical (unpaired) electrons. The van der Waals surface area contributed by atoms with Gasteiger partial charge in [-0.2, -0.15) is 5.10 Å². The van der Waals surface area contributed by atoms with Gasteiger partial charge in [0, 0.05) is 6.20 Å². The van der Waals surface area contributed by atoms with Crippen LogP contribution in [0.3, 0.4) is 0 Å². The van der Waals surface area contributed by atoms with Crippen LogP contribution in [0.2, 0.25) is 0 Å². The molecule has 6 nitrogen and oxygen atoms in total.